The summed E-state index contributed by atoms with van der Waals surface area (Å²) in [6.07, 6.45) is 2.67. The molecular formula is C16H13BrFN3O4. The molecule has 0 amide bonds. The topological polar surface area (TPSA) is 107 Å². The van der Waals surface area contributed by atoms with Gasteiger partial charge in [0, 0.05) is 10.0 Å². The van der Waals surface area contributed by atoms with Crippen LogP contribution in [0.3, 0.4) is 0 Å². The molecule has 0 fully saturated rings. The highest BCUT2D eigenvalue weighted by Crippen LogP contribution is 2.32. The monoisotopic (exact) mass is 409 g/mol. The first-order valence-electron chi connectivity index (χ1n) is 7.21. The molecule has 0 bridgehead atoms. The zero-order valence-corrected chi connectivity index (χ0v) is 14.3. The molecule has 2 heterocycles. The lowest BCUT2D eigenvalue weighted by Gasteiger charge is -2.29. The highest BCUT2D eigenvalue weighted by Gasteiger charge is 2.46. The zero-order chi connectivity index (χ0) is 18.2. The Labute approximate surface area is 149 Å². The van der Waals surface area contributed by atoms with Crippen molar-refractivity contribution in [2.75, 3.05) is 12.3 Å². The summed E-state index contributed by atoms with van der Waals surface area (Å²) in [6.45, 7) is -0.413. The van der Waals surface area contributed by atoms with Crippen LogP contribution in [0.2, 0.25) is 0 Å². The SMILES string of the molecule is Nc1nc(=O)n([C@@]2(C(=O)c3cccc(Br)c3)C=C[C@@H](CO)O2)cc1F. The molecule has 25 heavy (non-hydrogen) atoms. The number of carbonyl (C=O) groups excluding carboxylic acids is 1. The molecular weight excluding hydrogens is 397 g/mol. The second-order valence-corrected chi connectivity index (χ2v) is 6.28. The van der Waals surface area contributed by atoms with Crippen LogP contribution in [0, 0.1) is 5.82 Å². The second kappa shape index (κ2) is 6.51. The number of hydrogen-bond donors (Lipinski definition) is 2. The number of anilines is 1. The summed E-state index contributed by atoms with van der Waals surface area (Å²) in [4.78, 5) is 28.7. The van der Waals surface area contributed by atoms with Gasteiger partial charge in [0.25, 0.3) is 0 Å². The summed E-state index contributed by atoms with van der Waals surface area (Å²) in [5.41, 5.74) is 2.61. The van der Waals surface area contributed by atoms with Crippen molar-refractivity contribution in [2.24, 2.45) is 0 Å². The minimum absolute atomic E-state index is 0.224. The van der Waals surface area contributed by atoms with Crippen molar-refractivity contribution in [1.82, 2.24) is 9.55 Å². The highest BCUT2D eigenvalue weighted by atomic mass is 79.9. The van der Waals surface area contributed by atoms with E-state index in [2.05, 4.69) is 20.9 Å². The van der Waals surface area contributed by atoms with E-state index in [1.54, 1.807) is 18.2 Å². The van der Waals surface area contributed by atoms with Crippen molar-refractivity contribution in [1.29, 1.82) is 0 Å². The molecule has 0 aliphatic carbocycles. The lowest BCUT2D eigenvalue weighted by atomic mass is 10.0. The zero-order valence-electron chi connectivity index (χ0n) is 12.7. The number of aromatic nitrogens is 2. The number of nitrogens with zero attached hydrogens (tertiary/aromatic N) is 2. The maximum absolute atomic E-state index is 13.9. The minimum Gasteiger partial charge on any atom is -0.393 e. The Morgan fingerprint density at radius 3 is 2.92 bits per heavy atom. The first-order chi connectivity index (χ1) is 11.9. The van der Waals surface area contributed by atoms with Crippen LogP contribution >= 0.6 is 15.9 Å². The summed E-state index contributed by atoms with van der Waals surface area (Å²) < 4.78 is 20.9. The van der Waals surface area contributed by atoms with Gasteiger partial charge in [0.05, 0.1) is 12.8 Å². The van der Waals surface area contributed by atoms with Gasteiger partial charge in [-0.25, -0.2) is 9.18 Å². The van der Waals surface area contributed by atoms with Gasteiger partial charge in [-0.2, -0.15) is 4.98 Å². The Morgan fingerprint density at radius 2 is 2.28 bits per heavy atom. The Balaban J connectivity index is 2.19. The summed E-state index contributed by atoms with van der Waals surface area (Å²) in [5, 5.41) is 9.32. The van der Waals surface area contributed by atoms with Crippen molar-refractivity contribution in [3.8, 4) is 0 Å². The molecule has 1 aromatic heterocycles. The van der Waals surface area contributed by atoms with E-state index in [4.69, 9.17) is 10.5 Å². The number of ether oxygens (including phenoxy) is 1. The quantitative estimate of drug-likeness (QED) is 0.580. The van der Waals surface area contributed by atoms with Gasteiger partial charge in [-0.15, -0.1) is 0 Å². The molecule has 0 unspecified atom stereocenters. The normalized spacial score (nSPS) is 22.3. The van der Waals surface area contributed by atoms with Crippen LogP contribution in [-0.4, -0.2) is 33.2 Å². The van der Waals surface area contributed by atoms with Crippen LogP contribution in [0.15, 0.2) is 51.9 Å². The first-order valence-corrected chi connectivity index (χ1v) is 8.00. The minimum atomic E-state index is -1.97. The smallest absolute Gasteiger partial charge is 0.352 e. The standard InChI is InChI=1S/C16H13BrFN3O4/c17-10-3-1-2-9(6-10)13(23)16(5-4-11(8-22)25-16)21-7-12(18)14(19)20-15(21)24/h1-7,11,22H,8H2,(H2,19,20,24)/t11-,16-/m0/s1. The van der Waals surface area contributed by atoms with E-state index >= 15 is 0 Å². The average Bonchev–Trinajstić information content (AvgIpc) is 3.03. The molecule has 0 spiro atoms. The number of ketones is 1. The van der Waals surface area contributed by atoms with Crippen LogP contribution in [-0.2, 0) is 10.5 Å². The van der Waals surface area contributed by atoms with Gasteiger partial charge in [-0.1, -0.05) is 34.1 Å². The van der Waals surface area contributed by atoms with Crippen LogP contribution in [0.5, 0.6) is 0 Å². The largest absolute Gasteiger partial charge is 0.393 e. The molecule has 130 valence electrons. The number of nitrogens with two attached hydrogens (primary N) is 1. The molecule has 1 aromatic carbocycles. The van der Waals surface area contributed by atoms with Crippen LogP contribution in [0.25, 0.3) is 0 Å². The predicted octanol–water partition coefficient (Wildman–Crippen LogP) is 1.21. The lowest BCUT2D eigenvalue weighted by Crippen LogP contribution is -2.48. The second-order valence-electron chi connectivity index (χ2n) is 5.36. The fraction of sp³-hybridized carbons (Fsp3) is 0.188. The summed E-state index contributed by atoms with van der Waals surface area (Å²) >= 11 is 3.27. The third-order valence-electron chi connectivity index (χ3n) is 3.73. The van der Waals surface area contributed by atoms with Crippen LogP contribution < -0.4 is 11.4 Å². The number of halogens is 2. The fourth-order valence-electron chi connectivity index (χ4n) is 2.54. The van der Waals surface area contributed by atoms with E-state index in [1.165, 1.54) is 18.2 Å². The fourth-order valence-corrected chi connectivity index (χ4v) is 2.94. The van der Waals surface area contributed by atoms with Gasteiger partial charge in [-0.05, 0) is 18.2 Å². The molecule has 3 rings (SSSR count). The number of carbonyl (C=O) groups is 1. The van der Waals surface area contributed by atoms with Gasteiger partial charge < -0.3 is 15.6 Å². The molecule has 0 saturated carbocycles. The first kappa shape index (κ1) is 17.5. The van der Waals surface area contributed by atoms with Crippen molar-refractivity contribution >= 4 is 27.5 Å². The molecule has 1 aliphatic rings. The maximum atomic E-state index is 13.9. The van der Waals surface area contributed by atoms with Gasteiger partial charge in [0.1, 0.15) is 6.10 Å². The Morgan fingerprint density at radius 1 is 1.52 bits per heavy atom. The molecule has 7 nitrogen and oxygen atoms in total. The Kier molecular flexibility index (Phi) is 4.55. The third kappa shape index (κ3) is 3.01. The molecule has 0 saturated heterocycles. The Hall–Kier alpha value is -2.36. The van der Waals surface area contributed by atoms with Crippen molar-refractivity contribution in [3.63, 3.8) is 0 Å². The summed E-state index contributed by atoms with van der Waals surface area (Å²) in [7, 11) is 0. The lowest BCUT2D eigenvalue weighted by molar-refractivity contribution is -0.0708. The molecule has 0 radical (unpaired) electrons. The summed E-state index contributed by atoms with van der Waals surface area (Å²) in [5.74, 6) is -2.16. The molecule has 2 atom stereocenters. The van der Waals surface area contributed by atoms with E-state index in [0.29, 0.717) is 4.47 Å². The van der Waals surface area contributed by atoms with E-state index in [-0.39, 0.29) is 5.56 Å². The van der Waals surface area contributed by atoms with Gasteiger partial charge >= 0.3 is 5.69 Å². The number of benzene rings is 1. The van der Waals surface area contributed by atoms with Crippen molar-refractivity contribution in [3.05, 3.63) is 69.0 Å². The number of Topliss-reactive ketones (excluding diaryl/α,β-unsaturated/α-hetero) is 1. The highest BCUT2D eigenvalue weighted by molar-refractivity contribution is 9.10. The average molecular weight is 410 g/mol. The van der Waals surface area contributed by atoms with Crippen LogP contribution in [0.1, 0.15) is 10.4 Å². The van der Waals surface area contributed by atoms with E-state index in [1.807, 2.05) is 0 Å². The number of aliphatic hydroxyl groups is 1. The van der Waals surface area contributed by atoms with Gasteiger partial charge in [0.2, 0.25) is 11.5 Å². The van der Waals surface area contributed by atoms with Crippen molar-refractivity contribution < 1.29 is 19.0 Å². The molecule has 2 aromatic rings. The van der Waals surface area contributed by atoms with E-state index < -0.39 is 41.5 Å². The Bertz CT molecular complexity index is 930. The van der Waals surface area contributed by atoms with Gasteiger partial charge in [-0.3, -0.25) is 9.36 Å². The molecule has 1 aliphatic heterocycles. The summed E-state index contributed by atoms with van der Waals surface area (Å²) in [6, 6.07) is 6.43. The van der Waals surface area contributed by atoms with E-state index in [9.17, 15) is 19.1 Å². The molecule has 9 heteroatoms. The number of aliphatic hydroxyl groups excluding tert-OH is 1. The number of hydrogen-bond acceptors (Lipinski definition) is 6. The van der Waals surface area contributed by atoms with Gasteiger partial charge in [0.15, 0.2) is 11.6 Å². The van der Waals surface area contributed by atoms with Crippen LogP contribution in [0.4, 0.5) is 10.2 Å². The molecule has 3 N–H and O–H groups in total. The van der Waals surface area contributed by atoms with E-state index in [0.717, 1.165) is 10.8 Å². The maximum Gasteiger partial charge on any atom is 0.352 e. The van der Waals surface area contributed by atoms with Crippen molar-refractivity contribution in [2.45, 2.75) is 11.8 Å². The third-order valence-corrected chi connectivity index (χ3v) is 4.22. The predicted molar refractivity (Wildman–Crippen MR) is 90.4 cm³/mol. The number of rotatable bonds is 4. The number of nitrogen functional groups attached to an aromatic ring is 1.